The highest BCUT2D eigenvalue weighted by Crippen LogP contribution is 2.39. The molecule has 4 heterocycles. The van der Waals surface area contributed by atoms with Crippen molar-refractivity contribution in [2.24, 2.45) is 0 Å². The van der Waals surface area contributed by atoms with Crippen LogP contribution in [0.25, 0.3) is 22.6 Å². The number of sulfonamides is 4. The second kappa shape index (κ2) is 18.5. The van der Waals surface area contributed by atoms with E-state index in [0.29, 0.717) is 33.2 Å². The minimum Gasteiger partial charge on any atom is -0.444 e. The molecule has 0 atom stereocenters. The zero-order chi connectivity index (χ0) is 46.3. The lowest BCUT2D eigenvalue weighted by Gasteiger charge is -2.16. The molecule has 0 spiro atoms. The number of thiophene rings is 2. The molecular formula is C39H26Cl4N6O9S7. The van der Waals surface area contributed by atoms with Crippen molar-refractivity contribution in [2.75, 3.05) is 18.9 Å². The van der Waals surface area contributed by atoms with Crippen molar-refractivity contribution in [1.82, 2.24) is 9.97 Å². The Morgan fingerprint density at radius 3 is 1.55 bits per heavy atom. The van der Waals surface area contributed by atoms with E-state index in [2.05, 4.69) is 28.9 Å². The summed E-state index contributed by atoms with van der Waals surface area (Å²) >= 11 is 28.0. The van der Waals surface area contributed by atoms with Gasteiger partial charge in [0.2, 0.25) is 0 Å². The van der Waals surface area contributed by atoms with Crippen LogP contribution in [-0.4, -0.2) is 43.6 Å². The summed E-state index contributed by atoms with van der Waals surface area (Å²) in [5.41, 5.74) is 1.32. The highest BCUT2D eigenvalue weighted by molar-refractivity contribution is 7.95. The van der Waals surface area contributed by atoms with Gasteiger partial charge in [0.1, 0.15) is 8.42 Å². The molecule has 26 heteroatoms. The zero-order valence-electron chi connectivity index (χ0n) is 32.2. The summed E-state index contributed by atoms with van der Waals surface area (Å²) in [4.78, 5) is 8.23. The number of benzene rings is 4. The van der Waals surface area contributed by atoms with Gasteiger partial charge in [0.25, 0.3) is 40.1 Å². The molecule has 8 rings (SSSR count). The molecule has 0 radical (unpaired) electrons. The van der Waals surface area contributed by atoms with E-state index in [1.54, 1.807) is 28.3 Å². The summed E-state index contributed by atoms with van der Waals surface area (Å²) in [6.45, 7) is 0. The molecule has 15 nitrogen and oxygen atoms in total. The number of oxazole rings is 1. The van der Waals surface area contributed by atoms with Crippen LogP contribution in [0.4, 0.5) is 22.7 Å². The number of rotatable bonds is 16. The van der Waals surface area contributed by atoms with E-state index in [1.165, 1.54) is 103 Å². The predicted molar refractivity (Wildman–Crippen MR) is 257 cm³/mol. The number of halogens is 4. The van der Waals surface area contributed by atoms with Crippen LogP contribution >= 0.6 is 80.4 Å². The largest absolute Gasteiger partial charge is 0.444 e. The van der Waals surface area contributed by atoms with Crippen molar-refractivity contribution >= 4 is 143 Å². The minimum absolute atomic E-state index is 0.000587. The Hall–Kier alpha value is -4.72. The molecule has 8 aromatic rings. The first-order chi connectivity index (χ1) is 30.8. The van der Waals surface area contributed by atoms with Crippen molar-refractivity contribution in [3.63, 3.8) is 0 Å². The Bertz CT molecular complexity index is 3520. The maximum absolute atomic E-state index is 13.9. The lowest BCUT2D eigenvalue weighted by atomic mass is 10.2. The lowest BCUT2D eigenvalue weighted by molar-refractivity contribution is 0.571. The zero-order valence-corrected chi connectivity index (χ0v) is 40.9. The Morgan fingerprint density at radius 1 is 0.554 bits per heavy atom. The summed E-state index contributed by atoms with van der Waals surface area (Å²) in [6.07, 6.45) is 2.81. The molecule has 0 aliphatic heterocycles. The number of anilines is 4. The lowest BCUT2D eigenvalue weighted by Crippen LogP contribution is -2.18. The number of thiazole rings is 1. The minimum atomic E-state index is -4.35. The molecule has 4 aromatic carbocycles. The summed E-state index contributed by atoms with van der Waals surface area (Å²) < 4.78 is 123. The average Bonchev–Trinajstić information content (AvgIpc) is 4.11. The molecule has 65 heavy (non-hydrogen) atoms. The van der Waals surface area contributed by atoms with E-state index in [-0.39, 0.29) is 67.5 Å². The molecule has 4 aromatic heterocycles. The van der Waals surface area contributed by atoms with Crippen molar-refractivity contribution in [2.45, 2.75) is 24.6 Å². The van der Waals surface area contributed by atoms with Crippen molar-refractivity contribution in [3.05, 3.63) is 150 Å². The van der Waals surface area contributed by atoms with Gasteiger partial charge in [-0.25, -0.2) is 43.6 Å². The fraction of sp³-hybridized carbons (Fsp3) is 0.0256. The molecule has 4 N–H and O–H groups in total. The third-order valence-corrected chi connectivity index (χ3v) is 19.8. The van der Waals surface area contributed by atoms with Gasteiger partial charge >= 0.3 is 0 Å². The van der Waals surface area contributed by atoms with Crippen LogP contribution in [0.5, 0.6) is 0 Å². The van der Waals surface area contributed by atoms with Crippen LogP contribution in [0.1, 0.15) is 10.6 Å². The molecule has 0 fully saturated rings. The first kappa shape index (κ1) is 46.8. The molecule has 0 unspecified atom stereocenters. The highest BCUT2D eigenvalue weighted by Gasteiger charge is 2.26. The molecule has 0 bridgehead atoms. The van der Waals surface area contributed by atoms with Crippen LogP contribution < -0.4 is 18.9 Å². The van der Waals surface area contributed by atoms with Crippen LogP contribution in [0, 0.1) is 0 Å². The molecule has 336 valence electrons. The smallest absolute Gasteiger partial charge is 0.271 e. The molecular weight excluding hydrogens is 1060 g/mol. The SMILES string of the molecule is O=S(=O)(Nc1cc(Cl)c(Cl)cc1NS(=O)(=O)c1cccs1)c1ccc(-c2csc(Cc3ccsc3S(=O)(=O)Nc3cc(Cl)c(Cl)cc3NS(=O)(=O)c3ccc(-c4cnco4)cc3)n2)cc1. The van der Waals surface area contributed by atoms with Crippen LogP contribution in [0.15, 0.2) is 142 Å². The summed E-state index contributed by atoms with van der Waals surface area (Å²) in [5.74, 6) is 0.432. The quantitative estimate of drug-likeness (QED) is 0.0712. The fourth-order valence-corrected chi connectivity index (χ4v) is 14.1. The summed E-state index contributed by atoms with van der Waals surface area (Å²) in [5, 5.41) is 5.32. The van der Waals surface area contributed by atoms with E-state index in [0.717, 1.165) is 22.7 Å². The van der Waals surface area contributed by atoms with Gasteiger partial charge in [-0.05, 0) is 89.1 Å². The normalized spacial score (nSPS) is 12.2. The van der Waals surface area contributed by atoms with Gasteiger partial charge in [-0.2, -0.15) is 0 Å². The number of nitrogens with one attached hydrogen (secondary N) is 4. The maximum atomic E-state index is 13.9. The summed E-state index contributed by atoms with van der Waals surface area (Å²) in [6, 6.07) is 20.9. The average molecular weight is 1090 g/mol. The van der Waals surface area contributed by atoms with Gasteiger partial charge in [-0.1, -0.05) is 64.6 Å². The summed E-state index contributed by atoms with van der Waals surface area (Å²) in [7, 11) is -17.0. The second-order valence-corrected chi connectivity index (χ2v) is 25.0. The molecule has 0 aliphatic carbocycles. The van der Waals surface area contributed by atoms with Crippen LogP contribution in [-0.2, 0) is 46.5 Å². The molecule has 0 saturated heterocycles. The topological polar surface area (TPSA) is 224 Å². The van der Waals surface area contributed by atoms with Gasteiger partial charge in [0.15, 0.2) is 12.2 Å². The van der Waals surface area contributed by atoms with Gasteiger partial charge in [0, 0.05) is 22.9 Å². The standard InChI is InChI=1S/C39H26Cl4N6O9S7/c40-27-15-31(33(17-29(27)42)48-64(54,55)38-2-1-12-59-38)46-62(50,51)25-7-3-22(4-8-25)35-20-61-37(45-35)14-24-11-13-60-39(24)65(56,57)49-34-18-30(43)28(41)16-32(34)47-63(52,53)26-9-5-23(6-10-26)36-19-44-21-58-36/h1-13,15-21,46-49H,14H2. The maximum Gasteiger partial charge on any atom is 0.271 e. The van der Waals surface area contributed by atoms with Gasteiger partial charge in [-0.15, -0.1) is 34.0 Å². The third kappa shape index (κ3) is 10.5. The Kier molecular flexibility index (Phi) is 13.3. The van der Waals surface area contributed by atoms with Crippen molar-refractivity contribution in [1.29, 1.82) is 0 Å². The fourth-order valence-electron chi connectivity index (χ4n) is 5.98. The molecule has 0 saturated carbocycles. The van der Waals surface area contributed by atoms with E-state index in [1.807, 2.05) is 0 Å². The highest BCUT2D eigenvalue weighted by atomic mass is 35.5. The number of nitrogens with zero attached hydrogens (tertiary/aromatic N) is 2. The van der Waals surface area contributed by atoms with Crippen LogP contribution in [0.3, 0.4) is 0 Å². The van der Waals surface area contributed by atoms with E-state index < -0.39 is 40.1 Å². The molecule has 0 amide bonds. The number of hydrogen-bond donors (Lipinski definition) is 4. The van der Waals surface area contributed by atoms with E-state index in [9.17, 15) is 33.7 Å². The molecule has 0 aliphatic rings. The first-order valence-electron chi connectivity index (χ1n) is 18.0. The third-order valence-electron chi connectivity index (χ3n) is 9.04. The Balaban J connectivity index is 0.969. The Labute approximate surface area is 404 Å². The van der Waals surface area contributed by atoms with Gasteiger partial charge in [0.05, 0.1) is 69.5 Å². The Morgan fingerprint density at radius 2 is 1.06 bits per heavy atom. The van der Waals surface area contributed by atoms with Crippen LogP contribution in [0.2, 0.25) is 20.1 Å². The monoisotopic (exact) mass is 1090 g/mol. The van der Waals surface area contributed by atoms with Crippen molar-refractivity contribution in [3.8, 4) is 22.6 Å². The van der Waals surface area contributed by atoms with Gasteiger partial charge < -0.3 is 4.42 Å². The van der Waals surface area contributed by atoms with Crippen molar-refractivity contribution < 1.29 is 38.1 Å². The second-order valence-electron chi connectivity index (χ2n) is 13.4. The first-order valence-corrected chi connectivity index (χ1v) is 28.1. The predicted octanol–water partition coefficient (Wildman–Crippen LogP) is 11.0. The van der Waals surface area contributed by atoms with E-state index in [4.69, 9.17) is 50.8 Å². The number of hydrogen-bond acceptors (Lipinski definition) is 14. The van der Waals surface area contributed by atoms with E-state index >= 15 is 0 Å². The van der Waals surface area contributed by atoms with Gasteiger partial charge in [-0.3, -0.25) is 18.9 Å². The number of aromatic nitrogens is 2.